The van der Waals surface area contributed by atoms with E-state index in [9.17, 15) is 22.8 Å². The second-order valence-corrected chi connectivity index (χ2v) is 8.16. The number of hydrogen-bond donors (Lipinski definition) is 3. The number of hydrogen-bond acceptors (Lipinski definition) is 7. The zero-order valence-electron chi connectivity index (χ0n) is 18.4. The molecule has 184 valence electrons. The Balaban J connectivity index is 1.63. The molecule has 2 aromatic carbocycles. The van der Waals surface area contributed by atoms with Crippen molar-refractivity contribution in [3.63, 3.8) is 0 Å². The monoisotopic (exact) mass is 524 g/mol. The zero-order chi connectivity index (χ0) is 26.1. The molecule has 3 N–H and O–H groups in total. The first-order valence-corrected chi connectivity index (χ1v) is 10.9. The van der Waals surface area contributed by atoms with E-state index < -0.39 is 29.4 Å². The first-order chi connectivity index (χ1) is 17.9. The smallest absolute Gasteiger partial charge is 0.249 e. The molecule has 5 rings (SSSR count). The van der Waals surface area contributed by atoms with Crippen LogP contribution in [-0.4, -0.2) is 25.4 Å². The molecule has 3 heterocycles. The number of anilines is 3. The van der Waals surface area contributed by atoms with E-state index in [-0.39, 0.29) is 33.2 Å². The number of aromatic nitrogens is 5. The molecule has 0 amide bonds. The Kier molecular flexibility index (Phi) is 6.29. The van der Waals surface area contributed by atoms with Gasteiger partial charge in [-0.05, 0) is 18.2 Å². The van der Waals surface area contributed by atoms with E-state index in [1.54, 1.807) is 6.07 Å². The molecule has 0 fully saturated rings. The summed E-state index contributed by atoms with van der Waals surface area (Å²) < 4.78 is 55.8. The summed E-state index contributed by atoms with van der Waals surface area (Å²) in [5.41, 5.74) is 1.18. The van der Waals surface area contributed by atoms with Crippen LogP contribution in [0.4, 0.5) is 34.6 Å². The highest BCUT2D eigenvalue weighted by molar-refractivity contribution is 6.36. The predicted octanol–water partition coefficient (Wildman–Crippen LogP) is 5.77. The Bertz CT molecular complexity index is 1670. The highest BCUT2D eigenvalue weighted by Crippen LogP contribution is 2.37. The molecule has 0 saturated carbocycles. The molecule has 1 unspecified atom stereocenters. The standard InChI is InChI=1S/C24H13ClF4N8/c25-16-5-12(34-23(19-10-33-37-36-19)14-2-1-3-17(26)20(14)28)4-15-21(11(7-30)8-31-22(15)16)35-13-6-18(27)24(29)32-9-13/h1-6,8-10,23,34H,(H,31,35)(H,33,36,37). The van der Waals surface area contributed by atoms with Crippen molar-refractivity contribution in [1.29, 1.82) is 5.26 Å². The number of nitrogens with one attached hydrogen (secondary N) is 3. The number of fused-ring (bicyclic) bond motifs is 1. The Morgan fingerprint density at radius 3 is 2.54 bits per heavy atom. The third kappa shape index (κ3) is 4.60. The van der Waals surface area contributed by atoms with Crippen molar-refractivity contribution in [2.45, 2.75) is 6.04 Å². The van der Waals surface area contributed by atoms with Crippen LogP contribution < -0.4 is 10.6 Å². The lowest BCUT2D eigenvalue weighted by Crippen LogP contribution is -2.15. The van der Waals surface area contributed by atoms with E-state index in [4.69, 9.17) is 11.6 Å². The van der Waals surface area contributed by atoms with Crippen molar-refractivity contribution in [3.8, 4) is 6.07 Å². The first kappa shape index (κ1) is 24.0. The molecule has 0 radical (unpaired) electrons. The van der Waals surface area contributed by atoms with Gasteiger partial charge in [0.1, 0.15) is 17.8 Å². The maximum Gasteiger partial charge on any atom is 0.249 e. The summed E-state index contributed by atoms with van der Waals surface area (Å²) in [6.07, 6.45) is 3.68. The van der Waals surface area contributed by atoms with E-state index in [0.717, 1.165) is 18.3 Å². The van der Waals surface area contributed by atoms with Crippen LogP contribution in [0.2, 0.25) is 5.02 Å². The van der Waals surface area contributed by atoms with E-state index in [1.807, 2.05) is 6.07 Å². The van der Waals surface area contributed by atoms with Crippen LogP contribution in [0.5, 0.6) is 0 Å². The van der Waals surface area contributed by atoms with E-state index in [0.29, 0.717) is 16.6 Å². The normalized spacial score (nSPS) is 11.8. The van der Waals surface area contributed by atoms with Crippen LogP contribution >= 0.6 is 11.6 Å². The molecule has 3 aromatic heterocycles. The van der Waals surface area contributed by atoms with E-state index in [1.165, 1.54) is 30.6 Å². The average Bonchev–Trinajstić information content (AvgIpc) is 3.42. The van der Waals surface area contributed by atoms with Crippen molar-refractivity contribution in [3.05, 3.63) is 100 Å². The summed E-state index contributed by atoms with van der Waals surface area (Å²) in [6.45, 7) is 0. The third-order valence-electron chi connectivity index (χ3n) is 5.44. The minimum Gasteiger partial charge on any atom is -0.373 e. The molecule has 1 atom stereocenters. The van der Waals surface area contributed by atoms with Crippen molar-refractivity contribution in [2.75, 3.05) is 10.6 Å². The van der Waals surface area contributed by atoms with Gasteiger partial charge < -0.3 is 10.6 Å². The van der Waals surface area contributed by atoms with Crippen LogP contribution in [0.15, 0.2) is 55.0 Å². The summed E-state index contributed by atoms with van der Waals surface area (Å²) in [4.78, 5) is 7.57. The Hall–Kier alpha value is -4.76. The van der Waals surface area contributed by atoms with Gasteiger partial charge in [-0.25, -0.2) is 18.2 Å². The zero-order valence-corrected chi connectivity index (χ0v) is 19.2. The molecule has 0 spiro atoms. The number of nitriles is 1. The van der Waals surface area contributed by atoms with Crippen LogP contribution in [-0.2, 0) is 0 Å². The first-order valence-electron chi connectivity index (χ1n) is 10.5. The van der Waals surface area contributed by atoms with Gasteiger partial charge in [-0.15, -0.1) is 0 Å². The number of benzene rings is 2. The fourth-order valence-corrected chi connectivity index (χ4v) is 4.04. The molecule has 8 nitrogen and oxygen atoms in total. The Morgan fingerprint density at radius 1 is 0.973 bits per heavy atom. The number of nitrogens with zero attached hydrogens (tertiary/aromatic N) is 5. The van der Waals surface area contributed by atoms with Gasteiger partial charge >= 0.3 is 0 Å². The van der Waals surface area contributed by atoms with Crippen LogP contribution in [0.3, 0.4) is 0 Å². The molecule has 0 aliphatic carbocycles. The van der Waals surface area contributed by atoms with Gasteiger partial charge in [0.25, 0.3) is 0 Å². The van der Waals surface area contributed by atoms with Gasteiger partial charge in [-0.2, -0.15) is 25.1 Å². The summed E-state index contributed by atoms with van der Waals surface area (Å²) in [6, 6.07) is 8.70. The van der Waals surface area contributed by atoms with Crippen molar-refractivity contribution in [1.82, 2.24) is 25.4 Å². The highest BCUT2D eigenvalue weighted by Gasteiger charge is 2.23. The minimum absolute atomic E-state index is 0.0415. The molecular formula is C24H13ClF4N8. The lowest BCUT2D eigenvalue weighted by atomic mass is 10.0. The second-order valence-electron chi connectivity index (χ2n) is 7.75. The SMILES string of the molecule is N#Cc1cnc2c(Cl)cc(NC(c3cn[nH]n3)c3cccc(F)c3F)cc2c1Nc1cnc(F)c(F)c1. The lowest BCUT2D eigenvalue weighted by Gasteiger charge is -2.20. The summed E-state index contributed by atoms with van der Waals surface area (Å²) in [7, 11) is 0. The van der Waals surface area contributed by atoms with E-state index in [2.05, 4.69) is 36.0 Å². The third-order valence-corrected chi connectivity index (χ3v) is 5.73. The number of pyridine rings is 2. The molecule has 5 aromatic rings. The summed E-state index contributed by atoms with van der Waals surface area (Å²) >= 11 is 6.49. The van der Waals surface area contributed by atoms with Crippen LogP contribution in [0, 0.1) is 34.7 Å². The fourth-order valence-electron chi connectivity index (χ4n) is 3.77. The van der Waals surface area contributed by atoms with Gasteiger partial charge in [-0.1, -0.05) is 23.7 Å². The molecule has 13 heteroatoms. The second kappa shape index (κ2) is 9.71. The van der Waals surface area contributed by atoms with Crippen molar-refractivity contribution >= 4 is 39.6 Å². The number of H-pyrrole nitrogens is 1. The molecule has 37 heavy (non-hydrogen) atoms. The number of halogens is 5. The van der Waals surface area contributed by atoms with Crippen molar-refractivity contribution < 1.29 is 17.6 Å². The van der Waals surface area contributed by atoms with Crippen LogP contribution in [0.1, 0.15) is 22.9 Å². The summed E-state index contributed by atoms with van der Waals surface area (Å²) in [5, 5.41) is 26.3. The van der Waals surface area contributed by atoms with Gasteiger partial charge in [0.2, 0.25) is 5.95 Å². The Labute approximate surface area is 210 Å². The maximum atomic E-state index is 14.7. The van der Waals surface area contributed by atoms with Gasteiger partial charge in [0.15, 0.2) is 17.5 Å². The van der Waals surface area contributed by atoms with E-state index >= 15 is 0 Å². The average molecular weight is 525 g/mol. The van der Waals surface area contributed by atoms with Crippen LogP contribution in [0.25, 0.3) is 10.9 Å². The highest BCUT2D eigenvalue weighted by atomic mass is 35.5. The maximum absolute atomic E-state index is 14.7. The molecule has 0 aliphatic heterocycles. The Morgan fingerprint density at radius 2 is 1.81 bits per heavy atom. The molecule has 0 bridgehead atoms. The minimum atomic E-state index is -1.27. The molecule has 0 aliphatic rings. The predicted molar refractivity (Wildman–Crippen MR) is 127 cm³/mol. The fraction of sp³-hybridized carbons (Fsp3) is 0.0417. The van der Waals surface area contributed by atoms with Crippen molar-refractivity contribution in [2.24, 2.45) is 0 Å². The van der Waals surface area contributed by atoms with Gasteiger partial charge in [0, 0.05) is 28.9 Å². The quantitative estimate of drug-likeness (QED) is 0.191. The largest absolute Gasteiger partial charge is 0.373 e. The number of aromatic amines is 1. The molecular weight excluding hydrogens is 512 g/mol. The topological polar surface area (TPSA) is 115 Å². The lowest BCUT2D eigenvalue weighted by molar-refractivity contribution is 0.480. The summed E-state index contributed by atoms with van der Waals surface area (Å²) in [5.74, 6) is -4.58. The number of rotatable bonds is 6. The van der Waals surface area contributed by atoms with Gasteiger partial charge in [0.05, 0.1) is 39.9 Å². The molecule has 0 saturated heterocycles. The van der Waals surface area contributed by atoms with Gasteiger partial charge in [-0.3, -0.25) is 4.98 Å².